The summed E-state index contributed by atoms with van der Waals surface area (Å²) in [6, 6.07) is 70.2. The van der Waals surface area contributed by atoms with Gasteiger partial charge in [0.2, 0.25) is 0 Å². The molecule has 2 aromatic heterocycles. The van der Waals surface area contributed by atoms with Gasteiger partial charge in [0.25, 0.3) is 0 Å². The summed E-state index contributed by atoms with van der Waals surface area (Å²) in [6.45, 7) is 0. The van der Waals surface area contributed by atoms with Crippen LogP contribution in [0.4, 0.5) is 34.1 Å². The summed E-state index contributed by atoms with van der Waals surface area (Å²) in [4.78, 5) is 4.83. The largest absolute Gasteiger partial charge is 0.454 e. The molecule has 10 aromatic carbocycles. The Balaban J connectivity index is 1.13. The van der Waals surface area contributed by atoms with Gasteiger partial charge in [-0.05, 0) is 82.2 Å². The van der Waals surface area contributed by atoms with E-state index in [0.29, 0.717) is 0 Å². The van der Waals surface area contributed by atoms with E-state index >= 15 is 0 Å². The summed E-state index contributed by atoms with van der Waals surface area (Å²) in [6.07, 6.45) is 0. The van der Waals surface area contributed by atoms with Crippen molar-refractivity contribution in [2.24, 2.45) is 0 Å². The number of para-hydroxylation sites is 4. The topological polar surface area (TPSA) is 19.6 Å². The van der Waals surface area contributed by atoms with Crippen molar-refractivity contribution in [1.82, 2.24) is 0 Å². The van der Waals surface area contributed by atoms with E-state index in [-0.39, 0.29) is 0 Å². The third-order valence-electron chi connectivity index (χ3n) is 11.4. The Hall–Kier alpha value is -7.14. The van der Waals surface area contributed by atoms with E-state index in [0.717, 1.165) is 50.4 Å². The lowest BCUT2D eigenvalue weighted by molar-refractivity contribution is 0.669. The summed E-state index contributed by atoms with van der Waals surface area (Å²) in [5, 5.41) is 12.2. The molecule has 0 saturated heterocycles. The van der Waals surface area contributed by atoms with Crippen LogP contribution in [0.2, 0.25) is 0 Å². The molecule has 0 aliphatic rings. The van der Waals surface area contributed by atoms with E-state index in [1.807, 2.05) is 17.4 Å². The third-order valence-corrected chi connectivity index (χ3v) is 12.6. The summed E-state index contributed by atoms with van der Waals surface area (Å²) in [7, 11) is 0. The molecular formula is C52H32N2OS. The summed E-state index contributed by atoms with van der Waals surface area (Å²) >= 11 is 1.87. The highest BCUT2D eigenvalue weighted by Crippen LogP contribution is 2.50. The van der Waals surface area contributed by atoms with Gasteiger partial charge in [0.05, 0.1) is 27.4 Å². The van der Waals surface area contributed by atoms with Crippen molar-refractivity contribution in [3.05, 3.63) is 194 Å². The summed E-state index contributed by atoms with van der Waals surface area (Å²) in [5.41, 5.74) is 8.41. The van der Waals surface area contributed by atoms with Crippen LogP contribution in [0.3, 0.4) is 0 Å². The molecule has 0 aliphatic carbocycles. The molecule has 262 valence electrons. The van der Waals surface area contributed by atoms with Crippen molar-refractivity contribution < 1.29 is 4.42 Å². The molecule has 0 spiro atoms. The van der Waals surface area contributed by atoms with Gasteiger partial charge in [-0.2, -0.15) is 0 Å². The standard InChI is InChI=1S/C52H32N2OS/c1-3-13-35(14-4-1)53(45-21-11-19-39-37-17-7-9-23-47(37)55-51(39)45)43-31-27-33-26-30-42-44(32-28-34-25-29-41(43)49(33)50(34)42)54(36-15-5-2-6-16-36)46-22-12-20-40-38-18-8-10-24-48(38)56-52(40)46/h1-32H. The Bertz CT molecular complexity index is 3210. The Morgan fingerprint density at radius 2 is 0.857 bits per heavy atom. The second-order valence-corrected chi connectivity index (χ2v) is 15.5. The molecule has 0 bridgehead atoms. The number of nitrogens with zero attached hydrogens (tertiary/aromatic N) is 2. The first-order chi connectivity index (χ1) is 27.8. The van der Waals surface area contributed by atoms with Crippen LogP contribution in [0.5, 0.6) is 0 Å². The number of anilines is 6. The van der Waals surface area contributed by atoms with Crippen LogP contribution in [0.15, 0.2) is 199 Å². The number of furan rings is 1. The van der Waals surface area contributed by atoms with Gasteiger partial charge in [0.15, 0.2) is 5.58 Å². The van der Waals surface area contributed by atoms with E-state index in [1.54, 1.807) is 0 Å². The van der Waals surface area contributed by atoms with E-state index < -0.39 is 0 Å². The van der Waals surface area contributed by atoms with E-state index in [2.05, 4.69) is 198 Å². The number of hydrogen-bond acceptors (Lipinski definition) is 4. The molecule has 12 aromatic rings. The smallest absolute Gasteiger partial charge is 0.159 e. The number of thiophene rings is 1. The van der Waals surface area contributed by atoms with Crippen LogP contribution in [0.25, 0.3) is 74.4 Å². The molecule has 0 radical (unpaired) electrons. The fourth-order valence-corrected chi connectivity index (χ4v) is 10.2. The molecule has 0 amide bonds. The van der Waals surface area contributed by atoms with Crippen LogP contribution >= 0.6 is 11.3 Å². The Morgan fingerprint density at radius 3 is 1.54 bits per heavy atom. The van der Waals surface area contributed by atoms with Gasteiger partial charge in [-0.15, -0.1) is 11.3 Å². The van der Waals surface area contributed by atoms with Crippen LogP contribution in [0.1, 0.15) is 0 Å². The highest BCUT2D eigenvalue weighted by Gasteiger charge is 2.25. The number of rotatable bonds is 6. The highest BCUT2D eigenvalue weighted by molar-refractivity contribution is 7.26. The molecule has 0 saturated carbocycles. The fraction of sp³-hybridized carbons (Fsp3) is 0. The van der Waals surface area contributed by atoms with E-state index in [4.69, 9.17) is 4.42 Å². The number of hydrogen-bond donors (Lipinski definition) is 0. The van der Waals surface area contributed by atoms with Gasteiger partial charge < -0.3 is 14.2 Å². The minimum atomic E-state index is 0.874. The number of fused-ring (bicyclic) bond motifs is 6. The average molecular weight is 733 g/mol. The fourth-order valence-electron chi connectivity index (χ4n) is 8.95. The molecule has 0 atom stereocenters. The lowest BCUT2D eigenvalue weighted by Crippen LogP contribution is -2.11. The second kappa shape index (κ2) is 12.2. The predicted octanol–water partition coefficient (Wildman–Crippen LogP) is 15.8. The maximum absolute atomic E-state index is 6.66. The van der Waals surface area contributed by atoms with Crippen molar-refractivity contribution in [2.75, 3.05) is 9.80 Å². The van der Waals surface area contributed by atoms with Crippen molar-refractivity contribution in [3.63, 3.8) is 0 Å². The van der Waals surface area contributed by atoms with Crippen molar-refractivity contribution in [2.45, 2.75) is 0 Å². The van der Waals surface area contributed by atoms with Gasteiger partial charge in [-0.25, -0.2) is 0 Å². The first kappa shape index (κ1) is 31.2. The molecule has 0 N–H and O–H groups in total. The zero-order chi connectivity index (χ0) is 36.7. The molecule has 56 heavy (non-hydrogen) atoms. The summed E-state index contributed by atoms with van der Waals surface area (Å²) in [5.74, 6) is 0. The molecule has 12 rings (SSSR count). The van der Waals surface area contributed by atoms with Crippen molar-refractivity contribution >= 4 is 120 Å². The van der Waals surface area contributed by atoms with Crippen LogP contribution in [-0.2, 0) is 0 Å². The van der Waals surface area contributed by atoms with Crippen molar-refractivity contribution in [3.8, 4) is 0 Å². The molecule has 2 heterocycles. The normalized spacial score (nSPS) is 11.9. The van der Waals surface area contributed by atoms with Crippen molar-refractivity contribution in [1.29, 1.82) is 0 Å². The van der Waals surface area contributed by atoms with Crippen LogP contribution in [0, 0.1) is 0 Å². The van der Waals surface area contributed by atoms with Gasteiger partial charge in [0, 0.05) is 48.4 Å². The molecule has 4 heteroatoms. The van der Waals surface area contributed by atoms with Gasteiger partial charge >= 0.3 is 0 Å². The monoisotopic (exact) mass is 732 g/mol. The number of benzene rings is 10. The minimum absolute atomic E-state index is 0.874. The Kier molecular flexibility index (Phi) is 6.80. The summed E-state index contributed by atoms with van der Waals surface area (Å²) < 4.78 is 9.24. The maximum atomic E-state index is 6.66. The van der Waals surface area contributed by atoms with Crippen LogP contribution < -0.4 is 9.80 Å². The first-order valence-corrected chi connectivity index (χ1v) is 19.8. The third kappa shape index (κ3) is 4.57. The predicted molar refractivity (Wildman–Crippen MR) is 240 cm³/mol. The Morgan fingerprint density at radius 1 is 0.339 bits per heavy atom. The molecule has 3 nitrogen and oxygen atoms in total. The minimum Gasteiger partial charge on any atom is -0.454 e. The SMILES string of the molecule is c1ccc(N(c2ccc3ccc4c(N(c5ccccc5)c5cccc6c5sc5ccccc56)ccc5ccc2c3c54)c2cccc3c2oc2ccccc23)cc1. The molecule has 0 aliphatic heterocycles. The van der Waals surface area contributed by atoms with Gasteiger partial charge in [0.1, 0.15) is 5.58 Å². The van der Waals surface area contributed by atoms with E-state index in [1.165, 1.54) is 58.2 Å². The average Bonchev–Trinajstić information content (AvgIpc) is 3.84. The second-order valence-electron chi connectivity index (χ2n) is 14.4. The highest BCUT2D eigenvalue weighted by atomic mass is 32.1. The van der Waals surface area contributed by atoms with Crippen LogP contribution in [-0.4, -0.2) is 0 Å². The van der Waals surface area contributed by atoms with Gasteiger partial charge in [-0.1, -0.05) is 133 Å². The maximum Gasteiger partial charge on any atom is 0.159 e. The molecular weight excluding hydrogens is 701 g/mol. The molecule has 0 fully saturated rings. The lowest BCUT2D eigenvalue weighted by atomic mass is 9.91. The van der Waals surface area contributed by atoms with Gasteiger partial charge in [-0.3, -0.25) is 0 Å². The zero-order valence-corrected chi connectivity index (χ0v) is 31.0. The Labute approximate surface area is 326 Å². The lowest BCUT2D eigenvalue weighted by Gasteiger charge is -2.29. The molecule has 0 unspecified atom stereocenters. The quantitative estimate of drug-likeness (QED) is 0.159. The first-order valence-electron chi connectivity index (χ1n) is 19.0. The zero-order valence-electron chi connectivity index (χ0n) is 30.2. The van der Waals surface area contributed by atoms with E-state index in [9.17, 15) is 0 Å².